The van der Waals surface area contributed by atoms with E-state index in [1.54, 1.807) is 0 Å². The smallest absolute Gasteiger partial charge is 0.157 e. The lowest BCUT2D eigenvalue weighted by molar-refractivity contribution is -0.117. The monoisotopic (exact) mass is 127 g/mol. The van der Waals surface area contributed by atoms with Crippen molar-refractivity contribution in [2.24, 2.45) is 11.7 Å². The minimum Gasteiger partial charge on any atom is -0.330 e. The molecule has 0 fully saturated rings. The zero-order valence-electron chi connectivity index (χ0n) is 5.76. The Morgan fingerprint density at radius 3 is 2.78 bits per heavy atom. The van der Waals surface area contributed by atoms with Gasteiger partial charge in [-0.15, -0.1) is 0 Å². The average Bonchev–Trinajstić information content (AvgIpc) is 1.87. The Morgan fingerprint density at radius 2 is 2.44 bits per heavy atom. The summed E-state index contributed by atoms with van der Waals surface area (Å²) in [5.41, 5.74) is 5.24. The van der Waals surface area contributed by atoms with Gasteiger partial charge in [-0.3, -0.25) is 4.79 Å². The van der Waals surface area contributed by atoms with Gasteiger partial charge < -0.3 is 5.73 Å². The standard InChI is InChI=1S/C7H13NO/c1-3-7(9)6(2)4-5-8/h3,6H,1,4-5,8H2,2H3. The summed E-state index contributed by atoms with van der Waals surface area (Å²) < 4.78 is 0. The third-order valence-corrected chi connectivity index (χ3v) is 1.29. The van der Waals surface area contributed by atoms with Gasteiger partial charge in [-0.2, -0.15) is 0 Å². The molecule has 0 aromatic heterocycles. The fraction of sp³-hybridized carbons (Fsp3) is 0.571. The summed E-state index contributed by atoms with van der Waals surface area (Å²) in [6, 6.07) is 0. The Balaban J connectivity index is 3.58. The average molecular weight is 127 g/mol. The van der Waals surface area contributed by atoms with Crippen molar-refractivity contribution in [2.75, 3.05) is 6.54 Å². The lowest BCUT2D eigenvalue weighted by Crippen LogP contribution is -2.12. The molecule has 0 aromatic rings. The Hall–Kier alpha value is -0.630. The number of hydrogen-bond donors (Lipinski definition) is 1. The first-order valence-electron chi connectivity index (χ1n) is 3.08. The van der Waals surface area contributed by atoms with E-state index in [-0.39, 0.29) is 11.7 Å². The summed E-state index contributed by atoms with van der Waals surface area (Å²) in [7, 11) is 0. The van der Waals surface area contributed by atoms with E-state index in [0.717, 1.165) is 6.42 Å². The van der Waals surface area contributed by atoms with E-state index in [1.807, 2.05) is 6.92 Å². The summed E-state index contributed by atoms with van der Waals surface area (Å²) in [6.45, 7) is 5.80. The first-order chi connectivity index (χ1) is 4.22. The molecule has 0 aliphatic carbocycles. The number of carbonyl (C=O) groups is 1. The molecule has 0 heterocycles. The summed E-state index contributed by atoms with van der Waals surface area (Å²) in [6.07, 6.45) is 2.10. The highest BCUT2D eigenvalue weighted by atomic mass is 16.1. The Labute approximate surface area is 55.7 Å². The molecule has 0 bridgehead atoms. The van der Waals surface area contributed by atoms with Crippen molar-refractivity contribution < 1.29 is 4.79 Å². The van der Waals surface area contributed by atoms with Crippen molar-refractivity contribution in [3.8, 4) is 0 Å². The first-order valence-corrected chi connectivity index (χ1v) is 3.08. The predicted molar refractivity (Wildman–Crippen MR) is 38.0 cm³/mol. The topological polar surface area (TPSA) is 43.1 Å². The third kappa shape index (κ3) is 3.03. The molecule has 52 valence electrons. The van der Waals surface area contributed by atoms with Crippen LogP contribution in [0.25, 0.3) is 0 Å². The van der Waals surface area contributed by atoms with Crippen molar-refractivity contribution in [3.05, 3.63) is 12.7 Å². The van der Waals surface area contributed by atoms with Crippen LogP contribution in [0.5, 0.6) is 0 Å². The fourth-order valence-corrected chi connectivity index (χ4v) is 0.593. The van der Waals surface area contributed by atoms with Gasteiger partial charge in [0.25, 0.3) is 0 Å². The van der Waals surface area contributed by atoms with Gasteiger partial charge >= 0.3 is 0 Å². The van der Waals surface area contributed by atoms with Crippen LogP contribution >= 0.6 is 0 Å². The molecule has 0 aliphatic rings. The lowest BCUT2D eigenvalue weighted by atomic mass is 10.0. The van der Waals surface area contributed by atoms with Crippen LogP contribution in [0.15, 0.2) is 12.7 Å². The highest BCUT2D eigenvalue weighted by Gasteiger charge is 2.06. The van der Waals surface area contributed by atoms with E-state index in [0.29, 0.717) is 6.54 Å². The number of hydrogen-bond acceptors (Lipinski definition) is 2. The van der Waals surface area contributed by atoms with Gasteiger partial charge in [0.05, 0.1) is 0 Å². The van der Waals surface area contributed by atoms with Gasteiger partial charge in [-0.05, 0) is 19.0 Å². The number of allylic oxidation sites excluding steroid dienone is 1. The van der Waals surface area contributed by atoms with Crippen molar-refractivity contribution in [3.63, 3.8) is 0 Å². The quantitative estimate of drug-likeness (QED) is 0.565. The Morgan fingerprint density at radius 1 is 1.89 bits per heavy atom. The van der Waals surface area contributed by atoms with E-state index in [4.69, 9.17) is 5.73 Å². The minimum atomic E-state index is 0.0486. The normalized spacial score (nSPS) is 12.7. The largest absolute Gasteiger partial charge is 0.330 e. The highest BCUT2D eigenvalue weighted by Crippen LogP contribution is 2.01. The fourth-order valence-electron chi connectivity index (χ4n) is 0.593. The van der Waals surface area contributed by atoms with Crippen LogP contribution in [0.1, 0.15) is 13.3 Å². The van der Waals surface area contributed by atoms with Crippen LogP contribution < -0.4 is 5.73 Å². The minimum absolute atomic E-state index is 0.0486. The summed E-state index contributed by atoms with van der Waals surface area (Å²) in [4.78, 5) is 10.7. The molecule has 0 saturated heterocycles. The molecular formula is C7H13NO. The summed E-state index contributed by atoms with van der Waals surface area (Å²) >= 11 is 0. The number of carbonyl (C=O) groups excluding carboxylic acids is 1. The summed E-state index contributed by atoms with van der Waals surface area (Å²) in [5.74, 6) is 0.132. The maximum absolute atomic E-state index is 10.7. The highest BCUT2D eigenvalue weighted by molar-refractivity contribution is 5.90. The van der Waals surface area contributed by atoms with Crippen LogP contribution in [-0.2, 0) is 4.79 Å². The molecule has 1 atom stereocenters. The van der Waals surface area contributed by atoms with Crippen molar-refractivity contribution in [1.29, 1.82) is 0 Å². The molecule has 2 N–H and O–H groups in total. The van der Waals surface area contributed by atoms with Gasteiger partial charge in [-0.25, -0.2) is 0 Å². The number of nitrogens with two attached hydrogens (primary N) is 1. The first kappa shape index (κ1) is 8.37. The van der Waals surface area contributed by atoms with Crippen LogP contribution in [-0.4, -0.2) is 12.3 Å². The molecule has 0 radical (unpaired) electrons. The zero-order valence-corrected chi connectivity index (χ0v) is 5.76. The molecule has 0 saturated carbocycles. The van der Waals surface area contributed by atoms with E-state index in [9.17, 15) is 4.79 Å². The van der Waals surface area contributed by atoms with E-state index in [1.165, 1.54) is 6.08 Å². The molecule has 0 aromatic carbocycles. The summed E-state index contributed by atoms with van der Waals surface area (Å²) in [5, 5.41) is 0. The molecule has 0 amide bonds. The van der Waals surface area contributed by atoms with Gasteiger partial charge in [0.1, 0.15) is 0 Å². The van der Waals surface area contributed by atoms with Crippen molar-refractivity contribution >= 4 is 5.78 Å². The second-order valence-corrected chi connectivity index (χ2v) is 2.08. The zero-order chi connectivity index (χ0) is 7.28. The molecule has 1 unspecified atom stereocenters. The van der Waals surface area contributed by atoms with Crippen LogP contribution in [0.4, 0.5) is 0 Å². The van der Waals surface area contributed by atoms with Gasteiger partial charge in [0.2, 0.25) is 0 Å². The van der Waals surface area contributed by atoms with Crippen molar-refractivity contribution in [2.45, 2.75) is 13.3 Å². The Bertz CT molecular complexity index is 109. The van der Waals surface area contributed by atoms with Crippen LogP contribution in [0.3, 0.4) is 0 Å². The predicted octanol–water partition coefficient (Wildman–Crippen LogP) is 0.726. The van der Waals surface area contributed by atoms with E-state index < -0.39 is 0 Å². The van der Waals surface area contributed by atoms with Crippen molar-refractivity contribution in [1.82, 2.24) is 0 Å². The van der Waals surface area contributed by atoms with Crippen LogP contribution in [0.2, 0.25) is 0 Å². The number of ketones is 1. The SMILES string of the molecule is C=CC(=O)C(C)CCN. The van der Waals surface area contributed by atoms with Gasteiger partial charge in [0.15, 0.2) is 5.78 Å². The lowest BCUT2D eigenvalue weighted by Gasteiger charge is -2.02. The molecule has 2 heteroatoms. The van der Waals surface area contributed by atoms with Gasteiger partial charge in [0, 0.05) is 5.92 Å². The van der Waals surface area contributed by atoms with E-state index >= 15 is 0 Å². The maximum Gasteiger partial charge on any atom is 0.157 e. The Kier molecular flexibility index (Phi) is 3.97. The molecule has 9 heavy (non-hydrogen) atoms. The molecular weight excluding hydrogens is 114 g/mol. The molecule has 0 aliphatic heterocycles. The molecule has 0 spiro atoms. The molecule has 2 nitrogen and oxygen atoms in total. The van der Waals surface area contributed by atoms with Crippen LogP contribution in [0, 0.1) is 5.92 Å². The molecule has 0 rings (SSSR count). The van der Waals surface area contributed by atoms with E-state index in [2.05, 4.69) is 6.58 Å². The second kappa shape index (κ2) is 4.27. The maximum atomic E-state index is 10.7. The number of rotatable bonds is 4. The van der Waals surface area contributed by atoms with Gasteiger partial charge in [-0.1, -0.05) is 13.5 Å². The third-order valence-electron chi connectivity index (χ3n) is 1.29. The second-order valence-electron chi connectivity index (χ2n) is 2.08.